The number of ether oxygens (including phenoxy) is 1. The molecule has 1 aromatic heterocycles. The Morgan fingerprint density at radius 2 is 1.74 bits per heavy atom. The second-order valence-electron chi connectivity index (χ2n) is 9.03. The molecule has 35 heavy (non-hydrogen) atoms. The summed E-state index contributed by atoms with van der Waals surface area (Å²) in [6.45, 7) is 0.370. The molecule has 0 atom stereocenters. The third-order valence-electron chi connectivity index (χ3n) is 6.84. The Hall–Kier alpha value is -3.38. The zero-order chi connectivity index (χ0) is 24.4. The standard InChI is InChI=1S/C29H28FNO3S/c1-34-25-16-13-20(19-11-14-22(30)15-12-19)17-21(25)18-31(23-7-3-2-4-8-23)29(33)28-27(32)24-9-5-6-10-26(24)35-28/h5-6,9-17,23,32H,2-4,7-8,18H2,1H3. The molecule has 1 fully saturated rings. The highest BCUT2D eigenvalue weighted by Crippen LogP contribution is 2.39. The van der Waals surface area contributed by atoms with E-state index < -0.39 is 0 Å². The van der Waals surface area contributed by atoms with Gasteiger partial charge in [0.25, 0.3) is 5.91 Å². The number of nitrogens with zero attached hydrogens (tertiary/aromatic N) is 1. The lowest BCUT2D eigenvalue weighted by atomic mass is 9.93. The molecule has 0 aliphatic heterocycles. The van der Waals surface area contributed by atoms with Gasteiger partial charge < -0.3 is 14.7 Å². The second kappa shape index (κ2) is 10.1. The average Bonchev–Trinajstić information content (AvgIpc) is 3.24. The number of hydrogen-bond donors (Lipinski definition) is 1. The predicted molar refractivity (Wildman–Crippen MR) is 139 cm³/mol. The van der Waals surface area contributed by atoms with Crippen molar-refractivity contribution in [1.82, 2.24) is 4.90 Å². The van der Waals surface area contributed by atoms with E-state index in [-0.39, 0.29) is 23.5 Å². The molecule has 1 saturated carbocycles. The topological polar surface area (TPSA) is 49.8 Å². The summed E-state index contributed by atoms with van der Waals surface area (Å²) in [6.07, 6.45) is 5.23. The summed E-state index contributed by atoms with van der Waals surface area (Å²) >= 11 is 1.34. The number of rotatable bonds is 6. The van der Waals surface area contributed by atoms with Crippen molar-refractivity contribution in [2.75, 3.05) is 7.11 Å². The van der Waals surface area contributed by atoms with Crippen molar-refractivity contribution in [3.8, 4) is 22.6 Å². The molecule has 1 heterocycles. The summed E-state index contributed by atoms with van der Waals surface area (Å²) in [7, 11) is 1.63. The van der Waals surface area contributed by atoms with Crippen LogP contribution in [0.1, 0.15) is 47.3 Å². The van der Waals surface area contributed by atoms with Gasteiger partial charge in [-0.2, -0.15) is 0 Å². The largest absolute Gasteiger partial charge is 0.506 e. The predicted octanol–water partition coefficient (Wildman–Crippen LogP) is 7.40. The number of halogens is 1. The molecular formula is C29H28FNO3S. The second-order valence-corrected chi connectivity index (χ2v) is 10.1. The molecule has 3 aromatic carbocycles. The van der Waals surface area contributed by atoms with Crippen LogP contribution in [0.2, 0.25) is 0 Å². The van der Waals surface area contributed by atoms with E-state index >= 15 is 0 Å². The van der Waals surface area contributed by atoms with Crippen LogP contribution in [0.15, 0.2) is 66.7 Å². The van der Waals surface area contributed by atoms with Crippen LogP contribution in [0, 0.1) is 5.82 Å². The van der Waals surface area contributed by atoms with Gasteiger partial charge >= 0.3 is 0 Å². The lowest BCUT2D eigenvalue weighted by molar-refractivity contribution is 0.0615. The van der Waals surface area contributed by atoms with E-state index in [4.69, 9.17) is 4.74 Å². The summed E-state index contributed by atoms with van der Waals surface area (Å²) in [6, 6.07) is 19.9. The number of thiophene rings is 1. The molecule has 180 valence electrons. The zero-order valence-electron chi connectivity index (χ0n) is 19.7. The number of amides is 1. The summed E-state index contributed by atoms with van der Waals surface area (Å²) in [5.74, 6) is 0.331. The highest BCUT2D eigenvalue weighted by Gasteiger charge is 2.30. The molecule has 4 nitrogen and oxygen atoms in total. The number of carbonyl (C=O) groups is 1. The summed E-state index contributed by atoms with van der Waals surface area (Å²) < 4.78 is 20.0. The van der Waals surface area contributed by atoms with E-state index in [2.05, 4.69) is 0 Å². The number of fused-ring (bicyclic) bond motifs is 1. The fraction of sp³-hybridized carbons (Fsp3) is 0.276. The number of carbonyl (C=O) groups excluding carboxylic acids is 1. The van der Waals surface area contributed by atoms with Gasteiger partial charge in [0.05, 0.1) is 7.11 Å². The van der Waals surface area contributed by atoms with Crippen LogP contribution in [0.4, 0.5) is 4.39 Å². The van der Waals surface area contributed by atoms with Gasteiger partial charge in [-0.3, -0.25) is 4.79 Å². The summed E-state index contributed by atoms with van der Waals surface area (Å²) in [5, 5.41) is 11.6. The molecule has 1 amide bonds. The van der Waals surface area contributed by atoms with Crippen LogP contribution in [0.5, 0.6) is 11.5 Å². The van der Waals surface area contributed by atoms with Crippen molar-refractivity contribution in [2.45, 2.75) is 44.7 Å². The molecule has 1 aliphatic rings. The minimum absolute atomic E-state index is 0.0587. The Morgan fingerprint density at radius 1 is 1.03 bits per heavy atom. The van der Waals surface area contributed by atoms with Gasteiger partial charge in [0.1, 0.15) is 22.2 Å². The van der Waals surface area contributed by atoms with Crippen LogP contribution < -0.4 is 4.74 Å². The monoisotopic (exact) mass is 489 g/mol. The van der Waals surface area contributed by atoms with Crippen LogP contribution in [0.3, 0.4) is 0 Å². The van der Waals surface area contributed by atoms with Gasteiger partial charge in [0.2, 0.25) is 0 Å². The van der Waals surface area contributed by atoms with Crippen molar-refractivity contribution >= 4 is 27.3 Å². The first kappa shape index (κ1) is 23.4. The normalized spacial score (nSPS) is 14.2. The first-order chi connectivity index (χ1) is 17.0. The van der Waals surface area contributed by atoms with Crippen molar-refractivity contribution in [2.24, 2.45) is 0 Å². The molecule has 0 unspecified atom stereocenters. The van der Waals surface area contributed by atoms with E-state index in [9.17, 15) is 14.3 Å². The Kier molecular flexibility index (Phi) is 6.73. The zero-order valence-corrected chi connectivity index (χ0v) is 20.5. The van der Waals surface area contributed by atoms with Crippen molar-refractivity contribution in [3.63, 3.8) is 0 Å². The van der Waals surface area contributed by atoms with Gasteiger partial charge in [0.15, 0.2) is 0 Å². The van der Waals surface area contributed by atoms with Crippen LogP contribution in [-0.2, 0) is 6.54 Å². The Morgan fingerprint density at radius 3 is 2.46 bits per heavy atom. The maximum Gasteiger partial charge on any atom is 0.268 e. The minimum Gasteiger partial charge on any atom is -0.506 e. The molecule has 4 aromatic rings. The molecular weight excluding hydrogens is 461 g/mol. The average molecular weight is 490 g/mol. The number of benzene rings is 3. The van der Waals surface area contributed by atoms with Crippen molar-refractivity contribution < 1.29 is 19.0 Å². The number of hydrogen-bond acceptors (Lipinski definition) is 4. The summed E-state index contributed by atoms with van der Waals surface area (Å²) in [4.78, 5) is 16.2. The van der Waals surface area contributed by atoms with Crippen LogP contribution >= 0.6 is 11.3 Å². The lowest BCUT2D eigenvalue weighted by Crippen LogP contribution is -2.40. The van der Waals surface area contributed by atoms with E-state index in [0.29, 0.717) is 22.6 Å². The third kappa shape index (κ3) is 4.76. The van der Waals surface area contributed by atoms with Crippen LogP contribution in [0.25, 0.3) is 21.2 Å². The molecule has 1 N–H and O–H groups in total. The lowest BCUT2D eigenvalue weighted by Gasteiger charge is -2.34. The highest BCUT2D eigenvalue weighted by molar-refractivity contribution is 7.21. The van der Waals surface area contributed by atoms with Crippen LogP contribution in [-0.4, -0.2) is 29.1 Å². The molecule has 0 radical (unpaired) electrons. The number of aromatic hydroxyl groups is 1. The maximum atomic E-state index is 13.9. The highest BCUT2D eigenvalue weighted by atomic mass is 32.1. The molecule has 5 rings (SSSR count). The molecule has 0 saturated heterocycles. The van der Waals surface area contributed by atoms with Gasteiger partial charge in [-0.15, -0.1) is 11.3 Å². The third-order valence-corrected chi connectivity index (χ3v) is 7.99. The van der Waals surface area contributed by atoms with E-state index in [1.165, 1.54) is 29.9 Å². The van der Waals surface area contributed by atoms with Gasteiger partial charge in [-0.25, -0.2) is 4.39 Å². The van der Waals surface area contributed by atoms with Gasteiger partial charge in [-0.05, 0) is 60.4 Å². The van der Waals surface area contributed by atoms with E-state index in [0.717, 1.165) is 47.1 Å². The minimum atomic E-state index is -0.278. The molecule has 6 heteroatoms. The fourth-order valence-electron chi connectivity index (χ4n) is 4.97. The van der Waals surface area contributed by atoms with Gasteiger partial charge in [-0.1, -0.05) is 49.6 Å². The molecule has 1 aliphatic carbocycles. The van der Waals surface area contributed by atoms with E-state index in [1.807, 2.05) is 47.4 Å². The van der Waals surface area contributed by atoms with Crippen molar-refractivity contribution in [3.05, 3.63) is 83.0 Å². The van der Waals surface area contributed by atoms with E-state index in [1.54, 1.807) is 19.2 Å². The van der Waals surface area contributed by atoms with Gasteiger partial charge in [0, 0.05) is 28.2 Å². The quantitative estimate of drug-likeness (QED) is 0.307. The molecule has 0 spiro atoms. The Bertz CT molecular complexity index is 1340. The number of methoxy groups -OCH3 is 1. The smallest absolute Gasteiger partial charge is 0.268 e. The first-order valence-corrected chi connectivity index (χ1v) is 12.8. The fourth-order valence-corrected chi connectivity index (χ4v) is 6.03. The molecule has 0 bridgehead atoms. The first-order valence-electron chi connectivity index (χ1n) is 12.0. The Labute approximate surface area is 208 Å². The Balaban J connectivity index is 1.53. The summed E-state index contributed by atoms with van der Waals surface area (Å²) in [5.41, 5.74) is 2.71. The maximum absolute atomic E-state index is 13.9. The van der Waals surface area contributed by atoms with Crippen molar-refractivity contribution in [1.29, 1.82) is 0 Å². The SMILES string of the molecule is COc1ccc(-c2ccc(F)cc2)cc1CN(C(=O)c1sc2ccccc2c1O)C1CCCCC1.